The average molecular weight is 257 g/mol. The zero-order valence-electron chi connectivity index (χ0n) is 5.29. The molecule has 1 rings (SSSR count). The number of hydrogen-bond donors (Lipinski definition) is 1. The maximum absolute atomic E-state index is 3.71. The van der Waals surface area contributed by atoms with Crippen LogP contribution < -0.4 is 5.32 Å². The fourth-order valence-electron chi connectivity index (χ4n) is 1.01. The molecule has 0 saturated carbocycles. The van der Waals surface area contributed by atoms with E-state index in [9.17, 15) is 0 Å². The molecule has 54 valence electrons. The minimum Gasteiger partial charge on any atom is -0.317 e. The van der Waals surface area contributed by atoms with Crippen molar-refractivity contribution in [1.29, 1.82) is 0 Å². The maximum atomic E-state index is 3.71. The molecule has 0 unspecified atom stereocenters. The van der Waals surface area contributed by atoms with E-state index >= 15 is 0 Å². The summed E-state index contributed by atoms with van der Waals surface area (Å²) in [4.78, 5) is 0. The summed E-state index contributed by atoms with van der Waals surface area (Å²) in [5, 5.41) is 4.39. The van der Waals surface area contributed by atoms with Gasteiger partial charge >= 0.3 is 0 Å². The van der Waals surface area contributed by atoms with Crippen LogP contribution in [-0.2, 0) is 0 Å². The molecule has 1 saturated heterocycles. The third kappa shape index (κ3) is 2.20. The molecule has 1 heterocycles. The second kappa shape index (κ2) is 3.35. The van der Waals surface area contributed by atoms with Gasteiger partial charge < -0.3 is 5.32 Å². The molecule has 0 aromatic rings. The van der Waals surface area contributed by atoms with Crippen LogP contribution in [0.25, 0.3) is 0 Å². The predicted octanol–water partition coefficient (Wildman–Crippen LogP) is 1.90. The van der Waals surface area contributed by atoms with Gasteiger partial charge in [-0.1, -0.05) is 31.9 Å². The van der Waals surface area contributed by atoms with Gasteiger partial charge in [0.25, 0.3) is 0 Å². The molecule has 0 atom stereocenters. The highest BCUT2D eigenvalue weighted by molar-refractivity contribution is 9.12. The van der Waals surface area contributed by atoms with Crippen LogP contribution in [0.15, 0.2) is 0 Å². The molecule has 1 aliphatic heterocycles. The van der Waals surface area contributed by atoms with Crippen molar-refractivity contribution in [2.75, 3.05) is 18.4 Å². The summed E-state index contributed by atoms with van der Waals surface area (Å²) in [5.74, 6) is 0. The molecule has 0 aromatic carbocycles. The topological polar surface area (TPSA) is 12.0 Å². The van der Waals surface area contributed by atoms with Gasteiger partial charge in [-0.25, -0.2) is 0 Å². The van der Waals surface area contributed by atoms with E-state index in [-0.39, 0.29) is 0 Å². The Morgan fingerprint density at radius 2 is 1.89 bits per heavy atom. The maximum Gasteiger partial charge on any atom is 0.0378 e. The fourth-order valence-corrected chi connectivity index (χ4v) is 1.97. The summed E-state index contributed by atoms with van der Waals surface area (Å²) in [5.41, 5.74) is 0. The Labute approximate surface area is 72.8 Å². The van der Waals surface area contributed by atoms with E-state index in [0.29, 0.717) is 4.32 Å². The molecule has 3 heteroatoms. The van der Waals surface area contributed by atoms with Gasteiger partial charge in [-0.05, 0) is 25.9 Å². The molecule has 0 spiro atoms. The standard InChI is InChI=1S/C6H11Br2N/c7-5-6(8)1-3-9-4-2-6/h9H,1-5H2. The highest BCUT2D eigenvalue weighted by Gasteiger charge is 2.26. The van der Waals surface area contributed by atoms with Crippen molar-refractivity contribution in [2.24, 2.45) is 0 Å². The van der Waals surface area contributed by atoms with Gasteiger partial charge in [-0.3, -0.25) is 0 Å². The van der Waals surface area contributed by atoms with Crippen LogP contribution in [-0.4, -0.2) is 22.7 Å². The Balaban J connectivity index is 2.37. The Kier molecular flexibility index (Phi) is 2.99. The summed E-state index contributed by atoms with van der Waals surface area (Å²) in [6, 6.07) is 0. The Morgan fingerprint density at radius 1 is 1.33 bits per heavy atom. The SMILES string of the molecule is BrCC1(Br)CCNCC1. The second-order valence-electron chi connectivity index (χ2n) is 2.53. The summed E-state index contributed by atoms with van der Waals surface area (Å²) in [7, 11) is 0. The number of piperidine rings is 1. The summed E-state index contributed by atoms with van der Waals surface area (Å²) in [6.07, 6.45) is 2.47. The van der Waals surface area contributed by atoms with E-state index in [0.717, 1.165) is 18.4 Å². The van der Waals surface area contributed by atoms with Crippen molar-refractivity contribution in [3.05, 3.63) is 0 Å². The molecule has 1 nitrogen and oxygen atoms in total. The van der Waals surface area contributed by atoms with Crippen molar-refractivity contribution in [3.63, 3.8) is 0 Å². The largest absolute Gasteiger partial charge is 0.317 e. The predicted molar refractivity (Wildman–Crippen MR) is 47.6 cm³/mol. The van der Waals surface area contributed by atoms with Crippen LogP contribution in [0.4, 0.5) is 0 Å². The van der Waals surface area contributed by atoms with Crippen molar-refractivity contribution in [2.45, 2.75) is 17.2 Å². The van der Waals surface area contributed by atoms with Crippen molar-refractivity contribution >= 4 is 31.9 Å². The van der Waals surface area contributed by atoms with Crippen LogP contribution in [0.3, 0.4) is 0 Å². The van der Waals surface area contributed by atoms with Gasteiger partial charge in [-0.2, -0.15) is 0 Å². The Hall–Kier alpha value is 0.920. The van der Waals surface area contributed by atoms with E-state index < -0.39 is 0 Å². The lowest BCUT2D eigenvalue weighted by atomic mass is 10.0. The van der Waals surface area contributed by atoms with E-state index in [1.807, 2.05) is 0 Å². The first-order valence-electron chi connectivity index (χ1n) is 3.22. The summed E-state index contributed by atoms with van der Waals surface area (Å²) < 4.78 is 0.387. The first kappa shape index (κ1) is 8.02. The number of hydrogen-bond acceptors (Lipinski definition) is 1. The average Bonchev–Trinajstić information content (AvgIpc) is 1.90. The lowest BCUT2D eigenvalue weighted by Gasteiger charge is -2.29. The van der Waals surface area contributed by atoms with Crippen molar-refractivity contribution in [1.82, 2.24) is 5.32 Å². The highest BCUT2D eigenvalue weighted by Crippen LogP contribution is 2.30. The lowest BCUT2D eigenvalue weighted by Crippen LogP contribution is -2.38. The molecule has 1 N–H and O–H groups in total. The monoisotopic (exact) mass is 255 g/mol. The number of nitrogens with one attached hydrogen (secondary N) is 1. The van der Waals surface area contributed by atoms with Crippen LogP contribution in [0.2, 0.25) is 0 Å². The highest BCUT2D eigenvalue weighted by atomic mass is 79.9. The van der Waals surface area contributed by atoms with E-state index in [2.05, 4.69) is 37.2 Å². The Morgan fingerprint density at radius 3 is 2.22 bits per heavy atom. The first-order chi connectivity index (χ1) is 4.27. The fraction of sp³-hybridized carbons (Fsp3) is 1.00. The zero-order valence-corrected chi connectivity index (χ0v) is 8.46. The quantitative estimate of drug-likeness (QED) is 0.707. The lowest BCUT2D eigenvalue weighted by molar-refractivity contribution is 0.453. The minimum atomic E-state index is 0.387. The molecule has 1 aliphatic rings. The molecule has 0 bridgehead atoms. The molecule has 9 heavy (non-hydrogen) atoms. The number of alkyl halides is 2. The van der Waals surface area contributed by atoms with Gasteiger partial charge in [0, 0.05) is 9.65 Å². The van der Waals surface area contributed by atoms with Crippen molar-refractivity contribution in [3.8, 4) is 0 Å². The molecular weight excluding hydrogens is 246 g/mol. The van der Waals surface area contributed by atoms with Crippen LogP contribution in [0, 0.1) is 0 Å². The van der Waals surface area contributed by atoms with Gasteiger partial charge in [0.05, 0.1) is 0 Å². The minimum absolute atomic E-state index is 0.387. The van der Waals surface area contributed by atoms with E-state index in [1.54, 1.807) is 0 Å². The third-order valence-corrected chi connectivity index (χ3v) is 4.64. The zero-order chi connectivity index (χ0) is 6.74. The van der Waals surface area contributed by atoms with Crippen LogP contribution in [0.5, 0.6) is 0 Å². The van der Waals surface area contributed by atoms with Gasteiger partial charge in [0.1, 0.15) is 0 Å². The summed E-state index contributed by atoms with van der Waals surface area (Å²) >= 11 is 7.20. The molecule has 0 amide bonds. The molecule has 0 aliphatic carbocycles. The summed E-state index contributed by atoms with van der Waals surface area (Å²) in [6.45, 7) is 2.30. The van der Waals surface area contributed by atoms with Gasteiger partial charge in [0.15, 0.2) is 0 Å². The van der Waals surface area contributed by atoms with E-state index in [4.69, 9.17) is 0 Å². The normalized spacial score (nSPS) is 26.0. The van der Waals surface area contributed by atoms with Crippen LogP contribution >= 0.6 is 31.9 Å². The molecular formula is C6H11Br2N. The third-order valence-electron chi connectivity index (χ3n) is 1.74. The number of halogens is 2. The van der Waals surface area contributed by atoms with Gasteiger partial charge in [0.2, 0.25) is 0 Å². The first-order valence-corrected chi connectivity index (χ1v) is 5.14. The molecule has 0 radical (unpaired) electrons. The second-order valence-corrected chi connectivity index (χ2v) is 4.78. The van der Waals surface area contributed by atoms with E-state index in [1.165, 1.54) is 12.8 Å². The van der Waals surface area contributed by atoms with Crippen molar-refractivity contribution < 1.29 is 0 Å². The molecule has 1 fully saturated rings. The Bertz CT molecular complexity index is 89.1. The van der Waals surface area contributed by atoms with Gasteiger partial charge in [-0.15, -0.1) is 0 Å². The number of rotatable bonds is 1. The van der Waals surface area contributed by atoms with Crippen LogP contribution in [0.1, 0.15) is 12.8 Å². The molecule has 0 aromatic heterocycles. The smallest absolute Gasteiger partial charge is 0.0378 e.